The first-order chi connectivity index (χ1) is 14.0. The Hall–Kier alpha value is -2.60. The molecule has 29 heavy (non-hydrogen) atoms. The van der Waals surface area contributed by atoms with Crippen LogP contribution in [-0.4, -0.2) is 26.4 Å². The molecule has 0 aliphatic heterocycles. The Labute approximate surface area is 175 Å². The molecule has 1 heterocycles. The first kappa shape index (κ1) is 19.7. The number of nitrogens with one attached hydrogen (secondary N) is 1. The molecule has 150 valence electrons. The van der Waals surface area contributed by atoms with Gasteiger partial charge in [0.15, 0.2) is 5.16 Å². The van der Waals surface area contributed by atoms with Crippen LogP contribution >= 0.6 is 11.8 Å². The normalized spacial score (nSPS) is 14.6. The fourth-order valence-electron chi connectivity index (χ4n) is 3.40. The Bertz CT molecular complexity index is 1010. The molecule has 1 N–H and O–H groups in total. The predicted octanol–water partition coefficient (Wildman–Crippen LogP) is 4.55. The zero-order chi connectivity index (χ0) is 20.4. The molecular weight excluding hydrogens is 380 g/mol. The summed E-state index contributed by atoms with van der Waals surface area (Å²) in [7, 11) is 0. The number of rotatable bonds is 7. The van der Waals surface area contributed by atoms with Gasteiger partial charge < -0.3 is 5.32 Å². The van der Waals surface area contributed by atoms with Crippen LogP contribution in [0.15, 0.2) is 53.9 Å². The van der Waals surface area contributed by atoms with Gasteiger partial charge in [-0.05, 0) is 68.4 Å². The molecule has 1 aromatic heterocycles. The molecule has 1 fully saturated rings. The highest BCUT2D eigenvalue weighted by molar-refractivity contribution is 7.99. The van der Waals surface area contributed by atoms with E-state index in [1.54, 1.807) is 6.33 Å². The highest BCUT2D eigenvalue weighted by Gasteiger charge is 2.33. The molecule has 0 spiro atoms. The number of aromatic nitrogens is 3. The molecule has 1 aliphatic carbocycles. The summed E-state index contributed by atoms with van der Waals surface area (Å²) in [5.41, 5.74) is 5.90. The topological polar surface area (TPSA) is 59.8 Å². The fraction of sp³-hybridized carbons (Fsp3) is 0.348. The van der Waals surface area contributed by atoms with E-state index in [1.807, 2.05) is 4.57 Å². The summed E-state index contributed by atoms with van der Waals surface area (Å²) in [4.78, 5) is 12.7. The van der Waals surface area contributed by atoms with Crippen molar-refractivity contribution in [3.05, 3.63) is 71.0 Å². The predicted molar refractivity (Wildman–Crippen MR) is 116 cm³/mol. The van der Waals surface area contributed by atoms with E-state index in [0.29, 0.717) is 11.7 Å². The first-order valence-corrected chi connectivity index (χ1v) is 11.0. The molecule has 2 aromatic carbocycles. The molecule has 1 amide bonds. The van der Waals surface area contributed by atoms with Crippen molar-refractivity contribution >= 4 is 17.7 Å². The largest absolute Gasteiger partial charge is 0.348 e. The number of carbonyl (C=O) groups excluding carboxylic acids is 1. The number of carbonyl (C=O) groups is 1. The lowest BCUT2D eigenvalue weighted by atomic mass is 10.0. The van der Waals surface area contributed by atoms with Gasteiger partial charge in [0.25, 0.3) is 0 Å². The monoisotopic (exact) mass is 406 g/mol. The van der Waals surface area contributed by atoms with Crippen molar-refractivity contribution in [2.45, 2.75) is 44.8 Å². The standard InChI is InChI=1S/C23H26N4OS/c1-15-4-7-18(8-5-15)22(19-9-10-19)25-21(28)13-29-23-26-24-14-27(23)20-11-6-16(2)17(3)12-20/h4-8,11-12,14,19,22H,9-10,13H2,1-3H3,(H,25,28). The quantitative estimate of drug-likeness (QED) is 0.585. The number of benzene rings is 2. The number of hydrogen-bond acceptors (Lipinski definition) is 4. The third-order valence-electron chi connectivity index (χ3n) is 5.46. The van der Waals surface area contributed by atoms with E-state index in [2.05, 4.69) is 78.7 Å². The average Bonchev–Trinajstić information content (AvgIpc) is 3.45. The third-order valence-corrected chi connectivity index (χ3v) is 6.41. The number of thioether (sulfide) groups is 1. The van der Waals surface area contributed by atoms with Gasteiger partial charge in [-0.15, -0.1) is 10.2 Å². The Morgan fingerprint density at radius 1 is 1.14 bits per heavy atom. The van der Waals surface area contributed by atoms with Crippen molar-refractivity contribution in [3.63, 3.8) is 0 Å². The Kier molecular flexibility index (Phi) is 5.72. The van der Waals surface area contributed by atoms with E-state index in [9.17, 15) is 4.79 Å². The van der Waals surface area contributed by atoms with Gasteiger partial charge in [-0.3, -0.25) is 9.36 Å². The average molecular weight is 407 g/mol. The lowest BCUT2D eigenvalue weighted by molar-refractivity contribution is -0.119. The van der Waals surface area contributed by atoms with Crippen LogP contribution in [0.2, 0.25) is 0 Å². The smallest absolute Gasteiger partial charge is 0.230 e. The number of nitrogens with zero attached hydrogens (tertiary/aromatic N) is 3. The van der Waals surface area contributed by atoms with Crippen LogP contribution in [0.1, 0.15) is 41.1 Å². The minimum Gasteiger partial charge on any atom is -0.348 e. The van der Waals surface area contributed by atoms with E-state index >= 15 is 0 Å². The summed E-state index contributed by atoms with van der Waals surface area (Å²) in [6, 6.07) is 14.8. The van der Waals surface area contributed by atoms with E-state index in [1.165, 1.54) is 46.9 Å². The fourth-order valence-corrected chi connectivity index (χ4v) is 4.14. The zero-order valence-corrected chi connectivity index (χ0v) is 17.9. The van der Waals surface area contributed by atoms with Crippen molar-refractivity contribution in [2.24, 2.45) is 5.92 Å². The number of amides is 1. The maximum atomic E-state index is 12.7. The van der Waals surface area contributed by atoms with Gasteiger partial charge in [-0.2, -0.15) is 0 Å². The first-order valence-electron chi connectivity index (χ1n) is 9.97. The van der Waals surface area contributed by atoms with Crippen LogP contribution in [-0.2, 0) is 4.79 Å². The van der Waals surface area contributed by atoms with Gasteiger partial charge >= 0.3 is 0 Å². The van der Waals surface area contributed by atoms with E-state index in [4.69, 9.17) is 0 Å². The lowest BCUT2D eigenvalue weighted by Crippen LogP contribution is -2.31. The van der Waals surface area contributed by atoms with Crippen molar-refractivity contribution < 1.29 is 4.79 Å². The van der Waals surface area contributed by atoms with Gasteiger partial charge in [0.2, 0.25) is 5.91 Å². The number of aryl methyl sites for hydroxylation is 3. The minimum atomic E-state index is 0.0297. The molecule has 6 heteroatoms. The molecule has 0 radical (unpaired) electrons. The molecular formula is C23H26N4OS. The summed E-state index contributed by atoms with van der Waals surface area (Å²) in [5.74, 6) is 0.895. The molecule has 1 saturated carbocycles. The number of hydrogen-bond donors (Lipinski definition) is 1. The van der Waals surface area contributed by atoms with E-state index in [0.717, 1.165) is 10.8 Å². The summed E-state index contributed by atoms with van der Waals surface area (Å²) in [6.45, 7) is 6.26. The van der Waals surface area contributed by atoms with Crippen molar-refractivity contribution in [1.82, 2.24) is 20.1 Å². The van der Waals surface area contributed by atoms with Crippen molar-refractivity contribution in [1.29, 1.82) is 0 Å². The molecule has 5 nitrogen and oxygen atoms in total. The minimum absolute atomic E-state index is 0.0297. The van der Waals surface area contributed by atoms with Gasteiger partial charge in [0.1, 0.15) is 6.33 Å². The second-order valence-corrected chi connectivity index (χ2v) is 8.78. The molecule has 3 aromatic rings. The maximum absolute atomic E-state index is 12.7. The Balaban J connectivity index is 1.41. The summed E-state index contributed by atoms with van der Waals surface area (Å²) < 4.78 is 1.93. The molecule has 1 atom stereocenters. The Morgan fingerprint density at radius 3 is 2.59 bits per heavy atom. The molecule has 0 bridgehead atoms. The van der Waals surface area contributed by atoms with Crippen molar-refractivity contribution in [3.8, 4) is 5.69 Å². The van der Waals surface area contributed by atoms with Crippen LogP contribution in [0.4, 0.5) is 0 Å². The van der Waals surface area contributed by atoms with Gasteiger partial charge in [0.05, 0.1) is 11.8 Å². The SMILES string of the molecule is Cc1ccc(C(NC(=O)CSc2nncn2-c2ccc(C)c(C)c2)C2CC2)cc1. The van der Waals surface area contributed by atoms with Gasteiger partial charge in [-0.1, -0.05) is 47.7 Å². The molecule has 1 unspecified atom stereocenters. The second kappa shape index (κ2) is 8.41. The summed E-state index contributed by atoms with van der Waals surface area (Å²) >= 11 is 1.42. The third kappa shape index (κ3) is 4.70. The van der Waals surface area contributed by atoms with E-state index < -0.39 is 0 Å². The van der Waals surface area contributed by atoms with Crippen LogP contribution in [0, 0.1) is 26.7 Å². The van der Waals surface area contributed by atoms with Gasteiger partial charge in [-0.25, -0.2) is 0 Å². The van der Waals surface area contributed by atoms with Crippen LogP contribution in [0.25, 0.3) is 5.69 Å². The maximum Gasteiger partial charge on any atom is 0.230 e. The second-order valence-electron chi connectivity index (χ2n) is 7.83. The lowest BCUT2D eigenvalue weighted by Gasteiger charge is -2.19. The highest BCUT2D eigenvalue weighted by atomic mass is 32.2. The molecule has 4 rings (SSSR count). The van der Waals surface area contributed by atoms with Crippen LogP contribution < -0.4 is 5.32 Å². The van der Waals surface area contributed by atoms with Gasteiger partial charge in [0, 0.05) is 5.69 Å². The zero-order valence-electron chi connectivity index (χ0n) is 17.1. The van der Waals surface area contributed by atoms with E-state index in [-0.39, 0.29) is 11.9 Å². The van der Waals surface area contributed by atoms with Crippen LogP contribution in [0.5, 0.6) is 0 Å². The van der Waals surface area contributed by atoms with Crippen molar-refractivity contribution in [2.75, 3.05) is 5.75 Å². The van der Waals surface area contributed by atoms with Crippen LogP contribution in [0.3, 0.4) is 0 Å². The molecule has 1 aliphatic rings. The highest BCUT2D eigenvalue weighted by Crippen LogP contribution is 2.41. The Morgan fingerprint density at radius 2 is 1.90 bits per heavy atom. The summed E-state index contributed by atoms with van der Waals surface area (Å²) in [6.07, 6.45) is 4.05. The summed E-state index contributed by atoms with van der Waals surface area (Å²) in [5, 5.41) is 12.2. The molecule has 0 saturated heterocycles.